The Bertz CT molecular complexity index is 543. The standard InChI is InChI=1S/C15H14ClF2N/c16-14-6-2-4-12(8-14)10-19-9-11-3-1-5-13(7-11)15(17)18/h1-8,15,19H,9-10H2. The molecule has 0 saturated heterocycles. The van der Waals surface area contributed by atoms with Crippen molar-refractivity contribution in [3.05, 3.63) is 70.2 Å². The highest BCUT2D eigenvalue weighted by atomic mass is 35.5. The Morgan fingerprint density at radius 3 is 2.21 bits per heavy atom. The summed E-state index contributed by atoms with van der Waals surface area (Å²) in [5.41, 5.74) is 1.97. The molecule has 0 radical (unpaired) electrons. The quantitative estimate of drug-likeness (QED) is 0.847. The summed E-state index contributed by atoms with van der Waals surface area (Å²) in [4.78, 5) is 0. The van der Waals surface area contributed by atoms with E-state index < -0.39 is 6.43 Å². The third-order valence-electron chi connectivity index (χ3n) is 2.75. The molecule has 0 atom stereocenters. The van der Waals surface area contributed by atoms with Crippen molar-refractivity contribution in [1.29, 1.82) is 0 Å². The van der Waals surface area contributed by atoms with Crippen molar-refractivity contribution < 1.29 is 8.78 Å². The van der Waals surface area contributed by atoms with E-state index in [2.05, 4.69) is 5.32 Å². The highest BCUT2D eigenvalue weighted by Crippen LogP contribution is 2.19. The summed E-state index contributed by atoms with van der Waals surface area (Å²) in [6, 6.07) is 14.0. The highest BCUT2D eigenvalue weighted by Gasteiger charge is 2.06. The highest BCUT2D eigenvalue weighted by molar-refractivity contribution is 6.30. The second-order valence-corrected chi connectivity index (χ2v) is 4.72. The number of hydrogen-bond acceptors (Lipinski definition) is 1. The first kappa shape index (κ1) is 14.0. The average molecular weight is 282 g/mol. The van der Waals surface area contributed by atoms with Gasteiger partial charge in [-0.05, 0) is 29.3 Å². The van der Waals surface area contributed by atoms with Gasteiger partial charge in [-0.15, -0.1) is 0 Å². The van der Waals surface area contributed by atoms with Crippen molar-refractivity contribution in [3.8, 4) is 0 Å². The second kappa shape index (κ2) is 6.64. The first-order valence-corrected chi connectivity index (χ1v) is 6.35. The van der Waals surface area contributed by atoms with E-state index >= 15 is 0 Å². The number of benzene rings is 2. The Morgan fingerprint density at radius 1 is 0.947 bits per heavy atom. The third kappa shape index (κ3) is 4.30. The van der Waals surface area contributed by atoms with E-state index in [1.54, 1.807) is 6.07 Å². The number of nitrogens with one attached hydrogen (secondary N) is 1. The van der Waals surface area contributed by atoms with Crippen molar-refractivity contribution in [3.63, 3.8) is 0 Å². The molecule has 2 aromatic carbocycles. The fraction of sp³-hybridized carbons (Fsp3) is 0.200. The largest absolute Gasteiger partial charge is 0.309 e. The molecule has 0 saturated carbocycles. The average Bonchev–Trinajstić information content (AvgIpc) is 2.39. The van der Waals surface area contributed by atoms with Gasteiger partial charge in [-0.3, -0.25) is 0 Å². The maximum Gasteiger partial charge on any atom is 0.263 e. The van der Waals surface area contributed by atoms with Crippen LogP contribution in [-0.2, 0) is 13.1 Å². The normalized spacial score (nSPS) is 10.9. The maximum absolute atomic E-state index is 12.5. The minimum Gasteiger partial charge on any atom is -0.309 e. The lowest BCUT2D eigenvalue weighted by atomic mass is 10.1. The van der Waals surface area contributed by atoms with Crippen molar-refractivity contribution in [2.24, 2.45) is 0 Å². The van der Waals surface area contributed by atoms with Crippen LogP contribution in [0.4, 0.5) is 8.78 Å². The van der Waals surface area contributed by atoms with Crippen LogP contribution in [0.2, 0.25) is 5.02 Å². The molecule has 0 aliphatic carbocycles. The Morgan fingerprint density at radius 2 is 1.58 bits per heavy atom. The molecule has 0 spiro atoms. The van der Waals surface area contributed by atoms with Gasteiger partial charge >= 0.3 is 0 Å². The predicted octanol–water partition coefficient (Wildman–Crippen LogP) is 4.57. The van der Waals surface area contributed by atoms with Crippen molar-refractivity contribution >= 4 is 11.6 Å². The van der Waals surface area contributed by atoms with Gasteiger partial charge < -0.3 is 5.32 Å². The molecule has 4 heteroatoms. The summed E-state index contributed by atoms with van der Waals surface area (Å²) >= 11 is 5.89. The van der Waals surface area contributed by atoms with Gasteiger partial charge in [-0.25, -0.2) is 8.78 Å². The van der Waals surface area contributed by atoms with Crippen LogP contribution in [0.25, 0.3) is 0 Å². The molecule has 0 heterocycles. The lowest BCUT2D eigenvalue weighted by Gasteiger charge is -2.07. The maximum atomic E-state index is 12.5. The third-order valence-corrected chi connectivity index (χ3v) is 2.99. The van der Waals surface area contributed by atoms with Gasteiger partial charge in [-0.1, -0.05) is 41.9 Å². The van der Waals surface area contributed by atoms with E-state index in [0.29, 0.717) is 18.1 Å². The first-order chi connectivity index (χ1) is 9.15. The van der Waals surface area contributed by atoms with Crippen LogP contribution < -0.4 is 5.32 Å². The van der Waals surface area contributed by atoms with Crippen LogP contribution in [0.15, 0.2) is 48.5 Å². The first-order valence-electron chi connectivity index (χ1n) is 5.97. The molecule has 100 valence electrons. The summed E-state index contributed by atoms with van der Waals surface area (Å²) < 4.78 is 25.1. The van der Waals surface area contributed by atoms with E-state index in [-0.39, 0.29) is 5.56 Å². The smallest absolute Gasteiger partial charge is 0.263 e. The van der Waals surface area contributed by atoms with Gasteiger partial charge in [0, 0.05) is 23.7 Å². The molecule has 19 heavy (non-hydrogen) atoms. The van der Waals surface area contributed by atoms with Crippen LogP contribution in [0.3, 0.4) is 0 Å². The number of halogens is 3. The summed E-state index contributed by atoms with van der Waals surface area (Å²) in [6.07, 6.45) is -2.42. The summed E-state index contributed by atoms with van der Waals surface area (Å²) in [6.45, 7) is 1.20. The molecule has 0 aliphatic rings. The van der Waals surface area contributed by atoms with E-state index in [1.165, 1.54) is 12.1 Å². The molecular formula is C15H14ClF2N. The van der Waals surface area contributed by atoms with E-state index in [1.807, 2.05) is 30.3 Å². The Kier molecular flexibility index (Phi) is 4.88. The molecular weight excluding hydrogens is 268 g/mol. The van der Waals surface area contributed by atoms with Gasteiger partial charge in [-0.2, -0.15) is 0 Å². The summed E-state index contributed by atoms with van der Waals surface area (Å²) in [5, 5.41) is 3.90. The molecule has 2 rings (SSSR count). The van der Waals surface area contributed by atoms with E-state index in [9.17, 15) is 8.78 Å². The van der Waals surface area contributed by atoms with Crippen LogP contribution in [0.5, 0.6) is 0 Å². The van der Waals surface area contributed by atoms with Crippen LogP contribution in [-0.4, -0.2) is 0 Å². The molecule has 0 unspecified atom stereocenters. The molecule has 1 nitrogen and oxygen atoms in total. The van der Waals surface area contributed by atoms with Gasteiger partial charge in [0.15, 0.2) is 0 Å². The van der Waals surface area contributed by atoms with Crippen molar-refractivity contribution in [1.82, 2.24) is 5.32 Å². The molecule has 0 aromatic heterocycles. The van der Waals surface area contributed by atoms with Crippen molar-refractivity contribution in [2.75, 3.05) is 0 Å². The fourth-order valence-corrected chi connectivity index (χ4v) is 2.05. The molecule has 0 amide bonds. The molecule has 0 bridgehead atoms. The Balaban J connectivity index is 1.90. The Hall–Kier alpha value is -1.45. The lowest BCUT2D eigenvalue weighted by molar-refractivity contribution is 0.151. The molecule has 1 N–H and O–H groups in total. The van der Waals surface area contributed by atoms with Crippen LogP contribution in [0, 0.1) is 0 Å². The zero-order valence-corrected chi connectivity index (χ0v) is 11.0. The monoisotopic (exact) mass is 281 g/mol. The zero-order chi connectivity index (χ0) is 13.7. The zero-order valence-electron chi connectivity index (χ0n) is 10.2. The van der Waals surface area contributed by atoms with E-state index in [0.717, 1.165) is 11.1 Å². The molecule has 2 aromatic rings. The van der Waals surface area contributed by atoms with Gasteiger partial charge in [0.2, 0.25) is 0 Å². The number of alkyl halides is 2. The van der Waals surface area contributed by atoms with Gasteiger partial charge in [0.05, 0.1) is 0 Å². The number of hydrogen-bond donors (Lipinski definition) is 1. The van der Waals surface area contributed by atoms with E-state index in [4.69, 9.17) is 11.6 Å². The summed E-state index contributed by atoms with van der Waals surface area (Å²) in [5.74, 6) is 0. The molecule has 0 fully saturated rings. The lowest BCUT2D eigenvalue weighted by Crippen LogP contribution is -2.12. The van der Waals surface area contributed by atoms with Crippen LogP contribution in [0.1, 0.15) is 23.1 Å². The van der Waals surface area contributed by atoms with Gasteiger partial charge in [0.1, 0.15) is 0 Å². The molecule has 0 aliphatic heterocycles. The van der Waals surface area contributed by atoms with Crippen molar-refractivity contribution in [2.45, 2.75) is 19.5 Å². The minimum atomic E-state index is -2.42. The fourth-order valence-electron chi connectivity index (χ4n) is 1.84. The number of rotatable bonds is 5. The summed E-state index contributed by atoms with van der Waals surface area (Å²) in [7, 11) is 0. The minimum absolute atomic E-state index is 0.0575. The topological polar surface area (TPSA) is 12.0 Å². The van der Waals surface area contributed by atoms with Crippen LogP contribution >= 0.6 is 11.6 Å². The Labute approximate surface area is 116 Å². The van der Waals surface area contributed by atoms with Gasteiger partial charge in [0.25, 0.3) is 6.43 Å². The second-order valence-electron chi connectivity index (χ2n) is 4.28. The SMILES string of the molecule is FC(F)c1cccc(CNCc2cccc(Cl)c2)c1. The predicted molar refractivity (Wildman–Crippen MR) is 73.4 cm³/mol.